The summed E-state index contributed by atoms with van der Waals surface area (Å²) in [6.07, 6.45) is 3.97. The molecule has 2 aromatic rings. The van der Waals surface area contributed by atoms with Gasteiger partial charge in [-0.15, -0.1) is 10.2 Å². The lowest BCUT2D eigenvalue weighted by molar-refractivity contribution is -0.136. The average molecular weight is 465 g/mol. The first-order valence-electron chi connectivity index (χ1n) is 12.2. The van der Waals surface area contributed by atoms with E-state index in [0.29, 0.717) is 32.7 Å². The zero-order valence-electron chi connectivity index (χ0n) is 19.7. The van der Waals surface area contributed by atoms with E-state index >= 15 is 0 Å². The molecule has 1 atom stereocenters. The Labute approximate surface area is 200 Å². The van der Waals surface area contributed by atoms with E-state index in [1.807, 2.05) is 35.2 Å². The molecular formula is C25H32N6O3. The van der Waals surface area contributed by atoms with Crippen molar-refractivity contribution in [2.75, 3.05) is 67.6 Å². The molecule has 9 heteroatoms. The molecule has 3 aliphatic rings. The van der Waals surface area contributed by atoms with Gasteiger partial charge in [-0.05, 0) is 55.7 Å². The van der Waals surface area contributed by atoms with Crippen molar-refractivity contribution < 1.29 is 14.3 Å². The molecule has 0 spiro atoms. The molecule has 5 rings (SSSR count). The monoisotopic (exact) mass is 464 g/mol. The predicted octanol–water partition coefficient (Wildman–Crippen LogP) is 2.18. The number of piperidine rings is 1. The molecule has 1 aromatic heterocycles. The Morgan fingerprint density at radius 2 is 1.47 bits per heavy atom. The standard InChI is InChI=1S/C25H32N6O3/c1-34-21-7-5-20(6-8-21)31-18-19(17-24(31)32)25(33)30-15-13-29(14-16-30)23-10-9-22(26-27-23)28-11-3-2-4-12-28/h5-10,19H,2-4,11-18H2,1H3. The molecular weight excluding hydrogens is 432 g/mol. The van der Waals surface area contributed by atoms with Crippen LogP contribution in [0.15, 0.2) is 36.4 Å². The summed E-state index contributed by atoms with van der Waals surface area (Å²) in [7, 11) is 1.61. The third-order valence-corrected chi connectivity index (χ3v) is 7.09. The van der Waals surface area contributed by atoms with Gasteiger partial charge in [-0.2, -0.15) is 0 Å². The van der Waals surface area contributed by atoms with E-state index in [1.54, 1.807) is 12.0 Å². The maximum atomic E-state index is 13.2. The minimum absolute atomic E-state index is 0.00813. The van der Waals surface area contributed by atoms with Crippen molar-refractivity contribution in [3.05, 3.63) is 36.4 Å². The van der Waals surface area contributed by atoms with Crippen molar-refractivity contribution in [1.29, 1.82) is 0 Å². The van der Waals surface area contributed by atoms with Gasteiger partial charge >= 0.3 is 0 Å². The van der Waals surface area contributed by atoms with Crippen molar-refractivity contribution >= 4 is 29.1 Å². The normalized spacial score (nSPS) is 21.2. The molecule has 34 heavy (non-hydrogen) atoms. The Morgan fingerprint density at radius 1 is 0.853 bits per heavy atom. The molecule has 3 aliphatic heterocycles. The van der Waals surface area contributed by atoms with Gasteiger partial charge in [0.05, 0.1) is 13.0 Å². The van der Waals surface area contributed by atoms with Crippen molar-refractivity contribution in [3.63, 3.8) is 0 Å². The van der Waals surface area contributed by atoms with Crippen molar-refractivity contribution in [3.8, 4) is 5.75 Å². The van der Waals surface area contributed by atoms with Crippen molar-refractivity contribution in [2.45, 2.75) is 25.7 Å². The van der Waals surface area contributed by atoms with Gasteiger partial charge in [-0.1, -0.05) is 0 Å². The molecule has 0 saturated carbocycles. The Hall–Kier alpha value is -3.36. The molecule has 4 heterocycles. The van der Waals surface area contributed by atoms with Crippen LogP contribution in [-0.4, -0.2) is 79.8 Å². The molecule has 0 N–H and O–H groups in total. The van der Waals surface area contributed by atoms with Gasteiger partial charge in [0.15, 0.2) is 11.6 Å². The van der Waals surface area contributed by atoms with E-state index in [0.717, 1.165) is 36.2 Å². The zero-order valence-corrected chi connectivity index (χ0v) is 19.7. The third kappa shape index (κ3) is 4.64. The summed E-state index contributed by atoms with van der Waals surface area (Å²) in [5.41, 5.74) is 0.803. The van der Waals surface area contributed by atoms with Crippen LogP contribution in [0.3, 0.4) is 0 Å². The van der Waals surface area contributed by atoms with Gasteiger partial charge in [-0.25, -0.2) is 0 Å². The Balaban J connectivity index is 1.15. The largest absolute Gasteiger partial charge is 0.497 e. The molecule has 180 valence electrons. The van der Waals surface area contributed by atoms with Crippen LogP contribution in [0.2, 0.25) is 0 Å². The number of rotatable bonds is 5. The van der Waals surface area contributed by atoms with Crippen LogP contribution >= 0.6 is 0 Å². The van der Waals surface area contributed by atoms with Crippen LogP contribution in [0.4, 0.5) is 17.3 Å². The Morgan fingerprint density at radius 3 is 2.06 bits per heavy atom. The smallest absolute Gasteiger partial charge is 0.228 e. The lowest BCUT2D eigenvalue weighted by atomic mass is 10.1. The maximum Gasteiger partial charge on any atom is 0.228 e. The number of methoxy groups -OCH3 is 1. The summed E-state index contributed by atoms with van der Waals surface area (Å²) >= 11 is 0. The summed E-state index contributed by atoms with van der Waals surface area (Å²) in [5.74, 6) is 2.30. The molecule has 1 unspecified atom stereocenters. The van der Waals surface area contributed by atoms with Crippen LogP contribution in [0.1, 0.15) is 25.7 Å². The number of aromatic nitrogens is 2. The average Bonchev–Trinajstić information content (AvgIpc) is 3.30. The SMILES string of the molecule is COc1ccc(N2CC(C(=O)N3CCN(c4ccc(N5CCCCC5)nn4)CC3)CC2=O)cc1. The highest BCUT2D eigenvalue weighted by Crippen LogP contribution is 2.28. The number of carbonyl (C=O) groups excluding carboxylic acids is 2. The van der Waals surface area contributed by atoms with Crippen LogP contribution in [-0.2, 0) is 9.59 Å². The lowest BCUT2D eigenvalue weighted by Crippen LogP contribution is -2.51. The predicted molar refractivity (Wildman–Crippen MR) is 130 cm³/mol. The quantitative estimate of drug-likeness (QED) is 0.671. The number of carbonyl (C=O) groups is 2. The van der Waals surface area contributed by atoms with E-state index in [-0.39, 0.29) is 24.2 Å². The zero-order chi connectivity index (χ0) is 23.5. The number of benzene rings is 1. The van der Waals surface area contributed by atoms with Crippen LogP contribution < -0.4 is 19.4 Å². The summed E-state index contributed by atoms with van der Waals surface area (Å²) in [5, 5.41) is 8.92. The first-order valence-corrected chi connectivity index (χ1v) is 12.2. The summed E-state index contributed by atoms with van der Waals surface area (Å²) in [6.45, 7) is 5.21. The van der Waals surface area contributed by atoms with E-state index in [9.17, 15) is 9.59 Å². The van der Waals surface area contributed by atoms with Crippen molar-refractivity contribution in [2.24, 2.45) is 5.92 Å². The van der Waals surface area contributed by atoms with Gasteiger partial charge in [0.25, 0.3) is 0 Å². The minimum Gasteiger partial charge on any atom is -0.497 e. The number of anilines is 3. The molecule has 0 radical (unpaired) electrons. The number of amides is 2. The second kappa shape index (κ2) is 9.87. The third-order valence-electron chi connectivity index (χ3n) is 7.09. The van der Waals surface area contributed by atoms with Gasteiger partial charge < -0.3 is 24.3 Å². The second-order valence-electron chi connectivity index (χ2n) is 9.21. The van der Waals surface area contributed by atoms with Gasteiger partial charge in [0, 0.05) is 57.9 Å². The minimum atomic E-state index is -0.301. The maximum absolute atomic E-state index is 13.2. The van der Waals surface area contributed by atoms with E-state index in [2.05, 4.69) is 26.1 Å². The van der Waals surface area contributed by atoms with Gasteiger partial charge in [0.1, 0.15) is 5.75 Å². The summed E-state index contributed by atoms with van der Waals surface area (Å²) in [4.78, 5) is 33.8. The lowest BCUT2D eigenvalue weighted by Gasteiger charge is -2.36. The fourth-order valence-corrected chi connectivity index (χ4v) is 5.08. The molecule has 9 nitrogen and oxygen atoms in total. The highest BCUT2D eigenvalue weighted by molar-refractivity contribution is 6.00. The first-order chi connectivity index (χ1) is 16.6. The number of hydrogen-bond donors (Lipinski definition) is 0. The van der Waals surface area contributed by atoms with E-state index in [4.69, 9.17) is 4.74 Å². The topological polar surface area (TPSA) is 82.1 Å². The molecule has 3 fully saturated rings. The second-order valence-corrected chi connectivity index (χ2v) is 9.21. The fraction of sp³-hybridized carbons (Fsp3) is 0.520. The highest BCUT2D eigenvalue weighted by Gasteiger charge is 2.38. The fourth-order valence-electron chi connectivity index (χ4n) is 5.08. The first kappa shape index (κ1) is 22.4. The summed E-state index contributed by atoms with van der Waals surface area (Å²) in [6, 6.07) is 11.5. The number of hydrogen-bond acceptors (Lipinski definition) is 7. The molecule has 1 aromatic carbocycles. The number of nitrogens with zero attached hydrogens (tertiary/aromatic N) is 6. The summed E-state index contributed by atoms with van der Waals surface area (Å²) < 4.78 is 5.19. The number of piperazine rings is 1. The Kier molecular flexibility index (Phi) is 6.51. The van der Waals surface area contributed by atoms with Crippen molar-refractivity contribution in [1.82, 2.24) is 15.1 Å². The van der Waals surface area contributed by atoms with Crippen LogP contribution in [0.25, 0.3) is 0 Å². The molecule has 3 saturated heterocycles. The molecule has 0 bridgehead atoms. The van der Waals surface area contributed by atoms with E-state index in [1.165, 1.54) is 19.3 Å². The van der Waals surface area contributed by atoms with Crippen LogP contribution in [0.5, 0.6) is 5.75 Å². The number of ether oxygens (including phenoxy) is 1. The molecule has 0 aliphatic carbocycles. The van der Waals surface area contributed by atoms with E-state index < -0.39 is 0 Å². The molecule has 2 amide bonds. The Bertz CT molecular complexity index is 998. The van der Waals surface area contributed by atoms with Gasteiger partial charge in [-0.3, -0.25) is 9.59 Å². The van der Waals surface area contributed by atoms with Crippen LogP contribution in [0, 0.1) is 5.92 Å². The van der Waals surface area contributed by atoms with Gasteiger partial charge in [0.2, 0.25) is 11.8 Å². The highest BCUT2D eigenvalue weighted by atomic mass is 16.5.